The minimum absolute atomic E-state index is 0.569. The molecule has 1 aliphatic rings. The first-order valence-corrected chi connectivity index (χ1v) is 6.69. The molecule has 0 saturated heterocycles. The lowest BCUT2D eigenvalue weighted by Gasteiger charge is -2.17. The number of nitrogens with zero attached hydrogens (tertiary/aromatic N) is 2. The van der Waals surface area contributed by atoms with Crippen LogP contribution in [0.5, 0.6) is 0 Å². The van der Waals surface area contributed by atoms with E-state index >= 15 is 0 Å². The van der Waals surface area contributed by atoms with E-state index in [1.54, 1.807) is 29.1 Å². The Morgan fingerprint density at radius 1 is 1.45 bits per heavy atom. The van der Waals surface area contributed by atoms with Gasteiger partial charge < -0.3 is 10.4 Å². The summed E-state index contributed by atoms with van der Waals surface area (Å²) in [6.45, 7) is 0. The molecule has 0 bridgehead atoms. The number of aliphatic carboxylic acids is 1. The van der Waals surface area contributed by atoms with Gasteiger partial charge in [-0.1, -0.05) is 17.7 Å². The maximum atomic E-state index is 11.5. The number of halogens is 1. The largest absolute Gasteiger partial charge is 0.481 e. The highest BCUT2D eigenvalue weighted by molar-refractivity contribution is 6.31. The van der Waals surface area contributed by atoms with Crippen molar-refractivity contribution in [2.45, 2.75) is 18.3 Å². The third-order valence-electron chi connectivity index (χ3n) is 3.74. The van der Waals surface area contributed by atoms with Gasteiger partial charge in [-0.3, -0.25) is 9.48 Å². The van der Waals surface area contributed by atoms with Crippen molar-refractivity contribution in [2.24, 2.45) is 7.05 Å². The van der Waals surface area contributed by atoms with Crippen molar-refractivity contribution in [1.29, 1.82) is 0 Å². The molecule has 1 aromatic carbocycles. The maximum absolute atomic E-state index is 11.5. The lowest BCUT2D eigenvalue weighted by Crippen LogP contribution is -2.21. The molecule has 0 atom stereocenters. The monoisotopic (exact) mass is 291 g/mol. The molecule has 2 aromatic rings. The van der Waals surface area contributed by atoms with E-state index < -0.39 is 11.4 Å². The van der Waals surface area contributed by atoms with Crippen LogP contribution in [-0.4, -0.2) is 20.9 Å². The number of anilines is 2. The minimum atomic E-state index is -0.784. The van der Waals surface area contributed by atoms with Crippen LogP contribution in [0, 0.1) is 0 Å². The van der Waals surface area contributed by atoms with Gasteiger partial charge in [0.05, 0.1) is 11.6 Å². The number of nitrogens with one attached hydrogen (secondary N) is 1. The van der Waals surface area contributed by atoms with Gasteiger partial charge in [0.25, 0.3) is 0 Å². The van der Waals surface area contributed by atoms with Crippen LogP contribution in [0.15, 0.2) is 30.5 Å². The molecule has 1 aromatic heterocycles. The topological polar surface area (TPSA) is 67.2 Å². The summed E-state index contributed by atoms with van der Waals surface area (Å²) in [4.78, 5) is 11.5. The molecule has 0 amide bonds. The molecule has 2 N–H and O–H groups in total. The summed E-state index contributed by atoms with van der Waals surface area (Å²) in [5.74, 6) is 0.00239. The predicted molar refractivity (Wildman–Crippen MR) is 76.5 cm³/mol. The Morgan fingerprint density at radius 3 is 2.75 bits per heavy atom. The van der Waals surface area contributed by atoms with Crippen molar-refractivity contribution in [1.82, 2.24) is 9.78 Å². The average Bonchev–Trinajstić information content (AvgIpc) is 3.11. The van der Waals surface area contributed by atoms with Gasteiger partial charge in [-0.2, -0.15) is 5.10 Å². The second-order valence-corrected chi connectivity index (χ2v) is 5.48. The molecule has 1 saturated carbocycles. The van der Waals surface area contributed by atoms with Crippen LogP contribution >= 0.6 is 11.6 Å². The number of aromatic nitrogens is 2. The smallest absolute Gasteiger partial charge is 0.314 e. The first kappa shape index (κ1) is 13.0. The van der Waals surface area contributed by atoms with E-state index in [9.17, 15) is 9.90 Å². The predicted octanol–water partition coefficient (Wildman–Crippen LogP) is 2.93. The van der Waals surface area contributed by atoms with E-state index in [4.69, 9.17) is 11.6 Å². The number of hydrogen-bond acceptors (Lipinski definition) is 3. The average molecular weight is 292 g/mol. The van der Waals surface area contributed by atoms with Crippen LogP contribution < -0.4 is 5.32 Å². The summed E-state index contributed by atoms with van der Waals surface area (Å²) in [6, 6.07) is 7.11. The molecule has 1 heterocycles. The number of benzene rings is 1. The molecule has 0 aliphatic heterocycles. The van der Waals surface area contributed by atoms with Crippen molar-refractivity contribution < 1.29 is 9.90 Å². The SMILES string of the molecule is Cn1nccc1Nc1cc(Cl)ccc1C1(C(=O)O)CC1. The van der Waals surface area contributed by atoms with E-state index in [2.05, 4.69) is 10.4 Å². The molecule has 1 aliphatic carbocycles. The Kier molecular flexibility index (Phi) is 2.94. The highest BCUT2D eigenvalue weighted by atomic mass is 35.5. The summed E-state index contributed by atoms with van der Waals surface area (Å²) in [5.41, 5.74) is 0.725. The van der Waals surface area contributed by atoms with Crippen LogP contribution in [-0.2, 0) is 17.3 Å². The Labute approximate surface area is 121 Å². The minimum Gasteiger partial charge on any atom is -0.481 e. The molecule has 6 heteroatoms. The van der Waals surface area contributed by atoms with Gasteiger partial charge in [-0.15, -0.1) is 0 Å². The molecule has 0 radical (unpaired) electrons. The van der Waals surface area contributed by atoms with Gasteiger partial charge in [0, 0.05) is 23.8 Å². The quantitative estimate of drug-likeness (QED) is 0.909. The Morgan fingerprint density at radius 2 is 2.20 bits per heavy atom. The van der Waals surface area contributed by atoms with Gasteiger partial charge in [0.15, 0.2) is 0 Å². The van der Waals surface area contributed by atoms with Crippen LogP contribution in [0.25, 0.3) is 0 Å². The van der Waals surface area contributed by atoms with Crippen molar-refractivity contribution in [2.75, 3.05) is 5.32 Å². The van der Waals surface area contributed by atoms with Crippen molar-refractivity contribution in [3.05, 3.63) is 41.0 Å². The normalized spacial score (nSPS) is 15.9. The Bertz CT molecular complexity index is 677. The first-order chi connectivity index (χ1) is 9.53. The summed E-state index contributed by atoms with van der Waals surface area (Å²) in [6.07, 6.45) is 2.99. The summed E-state index contributed by atoms with van der Waals surface area (Å²) in [5, 5.41) is 17.3. The van der Waals surface area contributed by atoms with E-state index in [-0.39, 0.29) is 0 Å². The van der Waals surface area contributed by atoms with Crippen LogP contribution in [0.1, 0.15) is 18.4 Å². The van der Waals surface area contributed by atoms with Crippen LogP contribution in [0.2, 0.25) is 5.02 Å². The molecule has 0 unspecified atom stereocenters. The van der Waals surface area contributed by atoms with E-state index in [0.717, 1.165) is 17.1 Å². The second kappa shape index (κ2) is 4.52. The van der Waals surface area contributed by atoms with Crippen molar-refractivity contribution in [3.8, 4) is 0 Å². The summed E-state index contributed by atoms with van der Waals surface area (Å²) in [7, 11) is 1.82. The number of carboxylic acid groups (broad SMARTS) is 1. The zero-order valence-corrected chi connectivity index (χ0v) is 11.7. The molecular formula is C14H14ClN3O2. The number of aryl methyl sites for hydroxylation is 1. The van der Waals surface area contributed by atoms with Gasteiger partial charge >= 0.3 is 5.97 Å². The third kappa shape index (κ3) is 2.04. The van der Waals surface area contributed by atoms with Crippen LogP contribution in [0.4, 0.5) is 11.5 Å². The third-order valence-corrected chi connectivity index (χ3v) is 3.98. The Hall–Kier alpha value is -2.01. The number of carboxylic acids is 1. The van der Waals surface area contributed by atoms with Gasteiger partial charge in [0.2, 0.25) is 0 Å². The number of hydrogen-bond donors (Lipinski definition) is 2. The zero-order valence-electron chi connectivity index (χ0n) is 10.9. The second-order valence-electron chi connectivity index (χ2n) is 5.04. The summed E-state index contributed by atoms with van der Waals surface area (Å²) >= 11 is 6.04. The van der Waals surface area contributed by atoms with Crippen LogP contribution in [0.3, 0.4) is 0 Å². The lowest BCUT2D eigenvalue weighted by atomic mass is 9.94. The van der Waals surface area contributed by atoms with E-state index in [0.29, 0.717) is 17.9 Å². The molecule has 5 nitrogen and oxygen atoms in total. The fourth-order valence-electron chi connectivity index (χ4n) is 2.40. The molecule has 3 rings (SSSR count). The highest BCUT2D eigenvalue weighted by Crippen LogP contribution is 2.51. The first-order valence-electron chi connectivity index (χ1n) is 6.31. The van der Waals surface area contributed by atoms with Crippen molar-refractivity contribution in [3.63, 3.8) is 0 Å². The highest BCUT2D eigenvalue weighted by Gasteiger charge is 2.53. The standard InChI is InChI=1S/C14H14ClN3O2/c1-18-12(4-7-16-18)17-11-8-9(15)2-3-10(11)14(5-6-14)13(19)20/h2-4,7-8,17H,5-6H2,1H3,(H,19,20). The summed E-state index contributed by atoms with van der Waals surface area (Å²) < 4.78 is 1.69. The van der Waals surface area contributed by atoms with E-state index in [1.807, 2.05) is 13.1 Å². The number of rotatable bonds is 4. The molecule has 20 heavy (non-hydrogen) atoms. The molecule has 1 fully saturated rings. The van der Waals surface area contributed by atoms with Gasteiger partial charge in [0.1, 0.15) is 5.82 Å². The fourth-order valence-corrected chi connectivity index (χ4v) is 2.57. The zero-order chi connectivity index (χ0) is 14.3. The fraction of sp³-hybridized carbons (Fsp3) is 0.286. The molecular weight excluding hydrogens is 278 g/mol. The lowest BCUT2D eigenvalue weighted by molar-refractivity contribution is -0.140. The van der Waals surface area contributed by atoms with E-state index in [1.165, 1.54) is 0 Å². The molecule has 104 valence electrons. The Balaban J connectivity index is 2.04. The number of carbonyl (C=O) groups is 1. The molecule has 0 spiro atoms. The maximum Gasteiger partial charge on any atom is 0.314 e. The van der Waals surface area contributed by atoms with Gasteiger partial charge in [-0.25, -0.2) is 0 Å². The van der Waals surface area contributed by atoms with Gasteiger partial charge in [-0.05, 0) is 30.5 Å². The van der Waals surface area contributed by atoms with Crippen molar-refractivity contribution >= 4 is 29.1 Å².